The van der Waals surface area contributed by atoms with Gasteiger partial charge in [0, 0.05) is 22.7 Å². The van der Waals surface area contributed by atoms with Crippen LogP contribution >= 0.6 is 11.6 Å². The van der Waals surface area contributed by atoms with Crippen molar-refractivity contribution < 1.29 is 4.42 Å². The standard InChI is InChI=1S/C19H21ClN4O2/c1-13-16(9-12-23-10-3-2-4-11-23)18(25)24-19(21-13)26-17(22-24)14-5-7-15(20)8-6-14/h5-8H,2-4,9-12H2,1H3. The summed E-state index contributed by atoms with van der Waals surface area (Å²) in [4.78, 5) is 19.8. The van der Waals surface area contributed by atoms with Gasteiger partial charge in [0.2, 0.25) is 5.89 Å². The van der Waals surface area contributed by atoms with E-state index in [-0.39, 0.29) is 11.4 Å². The zero-order valence-corrected chi connectivity index (χ0v) is 15.5. The zero-order chi connectivity index (χ0) is 18.1. The number of aromatic nitrogens is 3. The van der Waals surface area contributed by atoms with Gasteiger partial charge in [0.15, 0.2) is 0 Å². The van der Waals surface area contributed by atoms with E-state index in [1.807, 2.05) is 19.1 Å². The van der Waals surface area contributed by atoms with Gasteiger partial charge in [0.25, 0.3) is 5.56 Å². The number of benzene rings is 1. The predicted molar refractivity (Wildman–Crippen MR) is 101 cm³/mol. The van der Waals surface area contributed by atoms with Crippen molar-refractivity contribution in [3.05, 3.63) is 50.9 Å². The average Bonchev–Trinajstić information content (AvgIpc) is 3.07. The molecule has 1 aromatic carbocycles. The summed E-state index contributed by atoms with van der Waals surface area (Å²) in [5.41, 5.74) is 2.04. The molecule has 0 spiro atoms. The lowest BCUT2D eigenvalue weighted by Crippen LogP contribution is -2.33. The highest BCUT2D eigenvalue weighted by Gasteiger charge is 2.17. The summed E-state index contributed by atoms with van der Waals surface area (Å²) in [5, 5.41) is 4.96. The Labute approximate surface area is 156 Å². The van der Waals surface area contributed by atoms with Crippen LogP contribution in [0.5, 0.6) is 0 Å². The van der Waals surface area contributed by atoms with Gasteiger partial charge in [0.05, 0.1) is 5.69 Å². The summed E-state index contributed by atoms with van der Waals surface area (Å²) in [5.74, 6) is 0.581. The molecular formula is C19H21ClN4O2. The molecular weight excluding hydrogens is 352 g/mol. The third kappa shape index (κ3) is 3.39. The molecule has 0 bridgehead atoms. The van der Waals surface area contributed by atoms with Gasteiger partial charge < -0.3 is 9.32 Å². The minimum atomic E-state index is -0.145. The van der Waals surface area contributed by atoms with Crippen molar-refractivity contribution in [1.29, 1.82) is 0 Å². The molecule has 1 aliphatic rings. The Hall–Kier alpha value is -2.18. The molecule has 3 heterocycles. The molecule has 1 saturated heterocycles. The molecule has 26 heavy (non-hydrogen) atoms. The van der Waals surface area contributed by atoms with Gasteiger partial charge in [-0.15, -0.1) is 9.61 Å². The van der Waals surface area contributed by atoms with E-state index in [4.69, 9.17) is 16.0 Å². The SMILES string of the molecule is Cc1nc2oc(-c3ccc(Cl)cc3)nn2c(=O)c1CCN1CCCCC1. The van der Waals surface area contributed by atoms with Crippen molar-refractivity contribution >= 4 is 17.4 Å². The molecule has 1 aliphatic heterocycles. The van der Waals surface area contributed by atoms with E-state index in [2.05, 4.69) is 15.0 Å². The largest absolute Gasteiger partial charge is 0.403 e. The topological polar surface area (TPSA) is 63.6 Å². The van der Waals surface area contributed by atoms with E-state index in [9.17, 15) is 4.79 Å². The Morgan fingerprint density at radius 3 is 2.62 bits per heavy atom. The summed E-state index contributed by atoms with van der Waals surface area (Å²) in [6.45, 7) is 4.96. The number of fused-ring (bicyclic) bond motifs is 1. The van der Waals surface area contributed by atoms with Crippen LogP contribution < -0.4 is 5.56 Å². The van der Waals surface area contributed by atoms with E-state index in [1.54, 1.807) is 12.1 Å². The lowest BCUT2D eigenvalue weighted by atomic mass is 10.1. The van der Waals surface area contributed by atoms with Gasteiger partial charge in [-0.25, -0.2) is 0 Å². The van der Waals surface area contributed by atoms with Gasteiger partial charge in [-0.3, -0.25) is 4.79 Å². The van der Waals surface area contributed by atoms with E-state index >= 15 is 0 Å². The van der Waals surface area contributed by atoms with Crippen molar-refractivity contribution in [1.82, 2.24) is 19.5 Å². The van der Waals surface area contributed by atoms with Crippen molar-refractivity contribution in [2.75, 3.05) is 19.6 Å². The maximum atomic E-state index is 12.9. The van der Waals surface area contributed by atoms with Crippen molar-refractivity contribution in [2.45, 2.75) is 32.6 Å². The summed E-state index contributed by atoms with van der Waals surface area (Å²) < 4.78 is 6.96. The van der Waals surface area contributed by atoms with E-state index < -0.39 is 0 Å². The first-order valence-corrected chi connectivity index (χ1v) is 9.37. The van der Waals surface area contributed by atoms with Crippen LogP contribution in [0.3, 0.4) is 0 Å². The number of nitrogens with zero attached hydrogens (tertiary/aromatic N) is 4. The van der Waals surface area contributed by atoms with Gasteiger partial charge in [-0.05, 0) is 63.5 Å². The third-order valence-corrected chi connectivity index (χ3v) is 5.18. The van der Waals surface area contributed by atoms with Crippen LogP contribution in [0, 0.1) is 6.92 Å². The van der Waals surface area contributed by atoms with Gasteiger partial charge >= 0.3 is 5.84 Å². The predicted octanol–water partition coefficient (Wildman–Crippen LogP) is 3.34. The summed E-state index contributed by atoms with van der Waals surface area (Å²) >= 11 is 5.92. The van der Waals surface area contributed by atoms with E-state index in [0.29, 0.717) is 28.6 Å². The third-order valence-electron chi connectivity index (χ3n) is 4.93. The molecule has 0 atom stereocenters. The second kappa shape index (κ2) is 7.21. The first-order chi connectivity index (χ1) is 12.6. The van der Waals surface area contributed by atoms with Crippen LogP contribution in [0.4, 0.5) is 0 Å². The van der Waals surface area contributed by atoms with Crippen LogP contribution in [-0.4, -0.2) is 39.1 Å². The van der Waals surface area contributed by atoms with Gasteiger partial charge in [-0.1, -0.05) is 18.0 Å². The second-order valence-electron chi connectivity index (χ2n) is 6.74. The van der Waals surface area contributed by atoms with Crippen LogP contribution in [0.1, 0.15) is 30.5 Å². The Morgan fingerprint density at radius 2 is 1.88 bits per heavy atom. The van der Waals surface area contributed by atoms with Crippen molar-refractivity contribution in [3.8, 4) is 11.5 Å². The maximum Gasteiger partial charge on any atom is 0.328 e. The number of likely N-dealkylation sites (tertiary alicyclic amines) is 1. The Balaban J connectivity index is 1.64. The highest BCUT2D eigenvalue weighted by atomic mass is 35.5. The fraction of sp³-hybridized carbons (Fsp3) is 0.421. The van der Waals surface area contributed by atoms with Crippen molar-refractivity contribution in [3.63, 3.8) is 0 Å². The van der Waals surface area contributed by atoms with E-state index in [1.165, 1.54) is 23.8 Å². The first-order valence-electron chi connectivity index (χ1n) is 8.99. The van der Waals surface area contributed by atoms with Gasteiger partial charge in [0.1, 0.15) is 0 Å². The smallest absolute Gasteiger partial charge is 0.328 e. The molecule has 0 unspecified atom stereocenters. The molecule has 0 N–H and O–H groups in total. The average molecular weight is 373 g/mol. The minimum absolute atomic E-state index is 0.145. The van der Waals surface area contributed by atoms with Crippen LogP contribution in [-0.2, 0) is 6.42 Å². The highest BCUT2D eigenvalue weighted by Crippen LogP contribution is 2.21. The lowest BCUT2D eigenvalue weighted by Gasteiger charge is -2.26. The molecule has 4 rings (SSSR count). The molecule has 136 valence electrons. The molecule has 0 aliphatic carbocycles. The van der Waals surface area contributed by atoms with E-state index in [0.717, 1.165) is 25.2 Å². The first kappa shape index (κ1) is 17.2. The zero-order valence-electron chi connectivity index (χ0n) is 14.7. The molecule has 7 heteroatoms. The minimum Gasteiger partial charge on any atom is -0.403 e. The monoisotopic (exact) mass is 372 g/mol. The normalized spacial score (nSPS) is 15.6. The number of hydrogen-bond donors (Lipinski definition) is 0. The number of rotatable bonds is 4. The molecule has 0 saturated carbocycles. The quantitative estimate of drug-likeness (QED) is 0.702. The fourth-order valence-corrected chi connectivity index (χ4v) is 3.56. The molecule has 0 amide bonds. The number of halogens is 1. The number of hydrogen-bond acceptors (Lipinski definition) is 5. The maximum absolute atomic E-state index is 12.9. The molecule has 2 aromatic heterocycles. The Kier molecular flexibility index (Phi) is 4.78. The Morgan fingerprint density at radius 1 is 1.15 bits per heavy atom. The second-order valence-corrected chi connectivity index (χ2v) is 7.18. The number of aryl methyl sites for hydroxylation is 1. The number of piperidine rings is 1. The van der Waals surface area contributed by atoms with Crippen molar-refractivity contribution in [2.24, 2.45) is 0 Å². The summed E-state index contributed by atoms with van der Waals surface area (Å²) in [6.07, 6.45) is 4.47. The molecule has 0 radical (unpaired) electrons. The van der Waals surface area contributed by atoms with Crippen LogP contribution in [0.2, 0.25) is 5.02 Å². The highest BCUT2D eigenvalue weighted by molar-refractivity contribution is 6.30. The summed E-state index contributed by atoms with van der Waals surface area (Å²) in [6, 6.07) is 7.14. The van der Waals surface area contributed by atoms with Crippen LogP contribution in [0.15, 0.2) is 33.5 Å². The summed E-state index contributed by atoms with van der Waals surface area (Å²) in [7, 11) is 0. The molecule has 6 nitrogen and oxygen atoms in total. The molecule has 1 fully saturated rings. The molecule has 3 aromatic rings. The van der Waals surface area contributed by atoms with Gasteiger partial charge in [-0.2, -0.15) is 4.98 Å². The Bertz CT molecular complexity index is 972. The van der Waals surface area contributed by atoms with Crippen LogP contribution in [0.25, 0.3) is 17.3 Å². The lowest BCUT2D eigenvalue weighted by molar-refractivity contribution is 0.231. The fourth-order valence-electron chi connectivity index (χ4n) is 3.43.